The van der Waals surface area contributed by atoms with Crippen LogP contribution in [0, 0.1) is 0 Å². The van der Waals surface area contributed by atoms with Crippen molar-refractivity contribution in [2.45, 2.75) is 12.8 Å². The Labute approximate surface area is 145 Å². The van der Waals surface area contributed by atoms with Gasteiger partial charge < -0.3 is 0 Å². The van der Waals surface area contributed by atoms with Crippen molar-refractivity contribution < 1.29 is 0 Å². The maximum absolute atomic E-state index is 3.70. The Morgan fingerprint density at radius 1 is 0.652 bits per heavy atom. The highest BCUT2D eigenvalue weighted by molar-refractivity contribution is 9.10. The summed E-state index contributed by atoms with van der Waals surface area (Å²) < 4.78 is 1.15. The summed E-state index contributed by atoms with van der Waals surface area (Å²) in [6.07, 6.45) is 6.44. The Bertz CT molecular complexity index is 865. The van der Waals surface area contributed by atoms with Crippen molar-refractivity contribution in [1.29, 1.82) is 0 Å². The Balaban J connectivity index is 1.78. The Morgan fingerprint density at radius 3 is 1.78 bits per heavy atom. The lowest BCUT2D eigenvalue weighted by molar-refractivity contribution is 1.31. The van der Waals surface area contributed by atoms with Crippen LogP contribution in [0.15, 0.2) is 83.3 Å². The Kier molecular flexibility index (Phi) is 5.44. The van der Waals surface area contributed by atoms with Crippen molar-refractivity contribution >= 4 is 28.1 Å². The summed E-state index contributed by atoms with van der Waals surface area (Å²) in [6.45, 7) is 0. The van der Waals surface area contributed by atoms with Crippen LogP contribution < -0.4 is 10.4 Å². The topological polar surface area (TPSA) is 0 Å². The summed E-state index contributed by atoms with van der Waals surface area (Å²) in [5.74, 6) is 0. The van der Waals surface area contributed by atoms with E-state index in [9.17, 15) is 0 Å². The first-order chi connectivity index (χ1) is 11.3. The van der Waals surface area contributed by atoms with Crippen molar-refractivity contribution in [1.82, 2.24) is 0 Å². The van der Waals surface area contributed by atoms with Crippen LogP contribution in [0.4, 0.5) is 0 Å². The lowest BCUT2D eigenvalue weighted by Gasteiger charge is -1.98. The zero-order valence-corrected chi connectivity index (χ0v) is 14.5. The van der Waals surface area contributed by atoms with Crippen molar-refractivity contribution in [3.8, 4) is 0 Å². The summed E-state index contributed by atoms with van der Waals surface area (Å²) in [4.78, 5) is 0. The first-order valence-electron chi connectivity index (χ1n) is 7.85. The highest BCUT2D eigenvalue weighted by Gasteiger charge is 1.93. The Morgan fingerprint density at radius 2 is 1.22 bits per heavy atom. The van der Waals surface area contributed by atoms with Gasteiger partial charge in [-0.05, 0) is 40.5 Å². The summed E-state index contributed by atoms with van der Waals surface area (Å²) in [5.41, 5.74) is 2.67. The number of hydrogen-bond donors (Lipinski definition) is 0. The number of hydrogen-bond acceptors (Lipinski definition) is 0. The van der Waals surface area contributed by atoms with Gasteiger partial charge in [-0.2, -0.15) is 0 Å². The molecule has 0 heterocycles. The van der Waals surface area contributed by atoms with E-state index in [2.05, 4.69) is 107 Å². The molecule has 0 atom stereocenters. The van der Waals surface area contributed by atoms with Gasteiger partial charge in [-0.15, -0.1) is 0 Å². The maximum atomic E-state index is 3.70. The molecule has 3 aromatic rings. The van der Waals surface area contributed by atoms with Crippen LogP contribution in [0.3, 0.4) is 0 Å². The fourth-order valence-corrected chi connectivity index (χ4v) is 3.09. The first-order valence-corrected chi connectivity index (χ1v) is 8.64. The molecule has 0 saturated carbocycles. The lowest BCUT2D eigenvalue weighted by atomic mass is 10.1. The van der Waals surface area contributed by atoms with Crippen molar-refractivity contribution in [2.24, 2.45) is 0 Å². The first kappa shape index (κ1) is 15.8. The summed E-state index contributed by atoms with van der Waals surface area (Å²) in [6, 6.07) is 27.6. The third-order valence-corrected chi connectivity index (χ3v) is 4.53. The third kappa shape index (κ3) is 4.67. The van der Waals surface area contributed by atoms with Crippen molar-refractivity contribution in [2.75, 3.05) is 0 Å². The fraction of sp³-hybridized carbons (Fsp3) is 0.0909. The summed E-state index contributed by atoms with van der Waals surface area (Å²) >= 11 is 3.70. The molecule has 114 valence electrons. The molecule has 0 radical (unpaired) electrons. The van der Waals surface area contributed by atoms with E-state index in [-0.39, 0.29) is 0 Å². The number of benzene rings is 3. The second-order valence-corrected chi connectivity index (χ2v) is 6.42. The molecule has 0 amide bonds. The van der Waals surface area contributed by atoms with E-state index in [1.807, 2.05) is 0 Å². The van der Waals surface area contributed by atoms with Crippen molar-refractivity contribution in [3.63, 3.8) is 0 Å². The predicted molar refractivity (Wildman–Crippen MR) is 103 cm³/mol. The SMILES string of the molecule is Brc1cc(=CCc2ccccc2)ccc1=CCc1ccccc1. The van der Waals surface area contributed by atoms with Crippen LogP contribution in [-0.4, -0.2) is 0 Å². The van der Waals surface area contributed by atoms with Gasteiger partial charge in [0.15, 0.2) is 0 Å². The van der Waals surface area contributed by atoms with Gasteiger partial charge in [0.05, 0.1) is 0 Å². The standard InChI is InChI=1S/C22H19Br/c23-22-17-20(12-11-18-7-3-1-4-8-18)14-16-21(22)15-13-19-9-5-2-6-10-19/h1-10,12,14-17H,11,13H2. The molecule has 0 saturated heterocycles. The minimum absolute atomic E-state index is 0.951. The average molecular weight is 363 g/mol. The van der Waals surface area contributed by atoms with E-state index >= 15 is 0 Å². The monoisotopic (exact) mass is 362 g/mol. The minimum atomic E-state index is 0.951. The molecule has 0 N–H and O–H groups in total. The molecule has 0 aliphatic rings. The highest BCUT2D eigenvalue weighted by atomic mass is 79.9. The molecule has 23 heavy (non-hydrogen) atoms. The molecule has 3 aromatic carbocycles. The smallest absolute Gasteiger partial charge is 0.0250 e. The summed E-state index contributed by atoms with van der Waals surface area (Å²) in [5, 5.41) is 2.49. The molecule has 0 fully saturated rings. The van der Waals surface area contributed by atoms with Gasteiger partial charge in [0.25, 0.3) is 0 Å². The van der Waals surface area contributed by atoms with E-state index in [1.165, 1.54) is 21.6 Å². The quantitative estimate of drug-likeness (QED) is 0.641. The van der Waals surface area contributed by atoms with Crippen LogP contribution in [-0.2, 0) is 12.8 Å². The van der Waals surface area contributed by atoms with E-state index in [1.54, 1.807) is 0 Å². The minimum Gasteiger partial charge on any atom is -0.0728 e. The van der Waals surface area contributed by atoms with Gasteiger partial charge >= 0.3 is 0 Å². The van der Waals surface area contributed by atoms with E-state index in [0.29, 0.717) is 0 Å². The predicted octanol–water partition coefficient (Wildman–Crippen LogP) is 4.50. The van der Waals surface area contributed by atoms with Crippen LogP contribution in [0.1, 0.15) is 11.1 Å². The summed E-state index contributed by atoms with van der Waals surface area (Å²) in [7, 11) is 0. The number of rotatable bonds is 4. The van der Waals surface area contributed by atoms with Gasteiger partial charge in [0, 0.05) is 4.47 Å². The number of halogens is 1. The molecular formula is C22H19Br. The molecule has 0 spiro atoms. The zero-order valence-electron chi connectivity index (χ0n) is 13.0. The van der Waals surface area contributed by atoms with Gasteiger partial charge in [-0.3, -0.25) is 0 Å². The van der Waals surface area contributed by atoms with Gasteiger partial charge in [-0.25, -0.2) is 0 Å². The maximum Gasteiger partial charge on any atom is 0.0250 e. The van der Waals surface area contributed by atoms with Crippen LogP contribution in [0.2, 0.25) is 0 Å². The molecule has 0 aromatic heterocycles. The van der Waals surface area contributed by atoms with Crippen molar-refractivity contribution in [3.05, 3.63) is 105 Å². The highest BCUT2D eigenvalue weighted by Crippen LogP contribution is 2.03. The molecule has 0 aliphatic heterocycles. The van der Waals surface area contributed by atoms with Gasteiger partial charge in [-0.1, -0.05) is 101 Å². The third-order valence-electron chi connectivity index (χ3n) is 3.84. The van der Waals surface area contributed by atoms with Gasteiger partial charge in [0.1, 0.15) is 0 Å². The fourth-order valence-electron chi connectivity index (χ4n) is 2.53. The average Bonchev–Trinajstić information content (AvgIpc) is 2.61. The second kappa shape index (κ2) is 7.94. The van der Waals surface area contributed by atoms with E-state index in [4.69, 9.17) is 0 Å². The van der Waals surface area contributed by atoms with Crippen LogP contribution >= 0.6 is 15.9 Å². The second-order valence-electron chi connectivity index (χ2n) is 5.57. The molecule has 0 aliphatic carbocycles. The lowest BCUT2D eigenvalue weighted by Crippen LogP contribution is -2.10. The largest absolute Gasteiger partial charge is 0.0728 e. The molecule has 1 heteroatoms. The molecular weight excluding hydrogens is 344 g/mol. The Hall–Kier alpha value is -2.12. The van der Waals surface area contributed by atoms with Crippen LogP contribution in [0.5, 0.6) is 0 Å². The van der Waals surface area contributed by atoms with E-state index < -0.39 is 0 Å². The molecule has 0 unspecified atom stereocenters. The van der Waals surface area contributed by atoms with E-state index in [0.717, 1.165) is 17.3 Å². The molecule has 0 bridgehead atoms. The normalized spacial score (nSPS) is 12.6. The zero-order chi connectivity index (χ0) is 15.9. The van der Waals surface area contributed by atoms with Crippen LogP contribution in [0.25, 0.3) is 12.2 Å². The van der Waals surface area contributed by atoms with Gasteiger partial charge in [0.2, 0.25) is 0 Å². The molecule has 3 rings (SSSR count). The molecule has 0 nitrogen and oxygen atoms in total.